The molecule has 2 atom stereocenters. The number of quaternary nitrogens is 1. The van der Waals surface area contributed by atoms with E-state index in [0.29, 0.717) is 22.8 Å². The average molecular weight is 399 g/mol. The van der Waals surface area contributed by atoms with Crippen LogP contribution >= 0.6 is 0 Å². The number of likely N-dealkylation sites (N-methyl/N-ethyl adjacent to an activating group) is 1. The molecule has 154 valence electrons. The van der Waals surface area contributed by atoms with Gasteiger partial charge in [-0.25, -0.2) is 0 Å². The number of benzene rings is 2. The second kappa shape index (κ2) is 10.2. The molecular formula is C21H27N4O4+. The molecule has 0 aromatic heterocycles. The van der Waals surface area contributed by atoms with Crippen molar-refractivity contribution >= 4 is 34.8 Å². The van der Waals surface area contributed by atoms with Crippen LogP contribution < -0.4 is 25.6 Å². The van der Waals surface area contributed by atoms with Gasteiger partial charge in [-0.05, 0) is 55.5 Å². The number of hydrogen-bond donors (Lipinski definition) is 4. The number of hydrogen-bond acceptors (Lipinski definition) is 4. The highest BCUT2D eigenvalue weighted by atomic mass is 16.5. The van der Waals surface area contributed by atoms with Crippen molar-refractivity contribution in [1.82, 2.24) is 0 Å². The van der Waals surface area contributed by atoms with E-state index in [0.717, 1.165) is 4.90 Å². The van der Waals surface area contributed by atoms with Crippen molar-refractivity contribution in [3.8, 4) is 5.75 Å². The Morgan fingerprint density at radius 3 is 1.90 bits per heavy atom. The van der Waals surface area contributed by atoms with Crippen LogP contribution in [-0.2, 0) is 14.4 Å². The monoisotopic (exact) mass is 399 g/mol. The van der Waals surface area contributed by atoms with Gasteiger partial charge in [-0.15, -0.1) is 0 Å². The van der Waals surface area contributed by atoms with Crippen molar-refractivity contribution in [2.75, 3.05) is 36.7 Å². The first-order valence-electron chi connectivity index (χ1n) is 9.23. The van der Waals surface area contributed by atoms with Crippen LogP contribution in [0, 0.1) is 0 Å². The zero-order chi connectivity index (χ0) is 21.4. The van der Waals surface area contributed by atoms with E-state index in [1.807, 2.05) is 0 Å². The second-order valence-electron chi connectivity index (χ2n) is 6.77. The zero-order valence-electron chi connectivity index (χ0n) is 17.0. The van der Waals surface area contributed by atoms with E-state index in [1.54, 1.807) is 69.6 Å². The van der Waals surface area contributed by atoms with Gasteiger partial charge in [0.1, 0.15) is 5.75 Å². The van der Waals surface area contributed by atoms with Crippen LogP contribution in [0.3, 0.4) is 0 Å². The molecule has 0 saturated heterocycles. The Kier molecular flexibility index (Phi) is 7.73. The number of ether oxygens (including phenoxy) is 1. The van der Waals surface area contributed by atoms with Crippen LogP contribution in [0.15, 0.2) is 48.5 Å². The lowest BCUT2D eigenvalue weighted by Crippen LogP contribution is -3.14. The summed E-state index contributed by atoms with van der Waals surface area (Å²) in [5, 5.41) is 8.30. The van der Waals surface area contributed by atoms with Gasteiger partial charge in [0.25, 0.3) is 11.8 Å². The molecule has 0 aliphatic rings. The maximum absolute atomic E-state index is 12.5. The van der Waals surface area contributed by atoms with Crippen molar-refractivity contribution < 1.29 is 24.0 Å². The highest BCUT2D eigenvalue weighted by Crippen LogP contribution is 2.15. The Bertz CT molecular complexity index is 850. The summed E-state index contributed by atoms with van der Waals surface area (Å²) in [7, 11) is 3.37. The predicted molar refractivity (Wildman–Crippen MR) is 112 cm³/mol. The first-order valence-corrected chi connectivity index (χ1v) is 9.23. The Balaban J connectivity index is 1.85. The van der Waals surface area contributed by atoms with Crippen LogP contribution in [0.25, 0.3) is 0 Å². The number of amides is 3. The highest BCUT2D eigenvalue weighted by molar-refractivity contribution is 5.95. The number of carbonyl (C=O) groups is 3. The standard InChI is InChI=1S/C21H26N4O4/c1-14(21(28)24-18-7-5-16(6-8-18)22-15(2)26)25(3)13-20(27)23-17-9-11-19(29-4)12-10-17/h5-12,14H,13H2,1-4H3,(H,22,26)(H,23,27)(H,24,28)/p+1/t14-/m1/s1. The number of carbonyl (C=O) groups excluding carboxylic acids is 3. The normalized spacial score (nSPS) is 12.4. The average Bonchev–Trinajstić information content (AvgIpc) is 2.68. The summed E-state index contributed by atoms with van der Waals surface area (Å²) < 4.78 is 5.09. The summed E-state index contributed by atoms with van der Waals surface area (Å²) in [6.07, 6.45) is 0. The van der Waals surface area contributed by atoms with Gasteiger partial charge < -0.3 is 25.6 Å². The minimum absolute atomic E-state index is 0.141. The molecule has 0 aliphatic carbocycles. The minimum atomic E-state index is -0.438. The van der Waals surface area contributed by atoms with Crippen molar-refractivity contribution in [3.05, 3.63) is 48.5 Å². The van der Waals surface area contributed by atoms with Gasteiger partial charge in [0.2, 0.25) is 5.91 Å². The van der Waals surface area contributed by atoms with E-state index >= 15 is 0 Å². The van der Waals surface area contributed by atoms with Crippen LogP contribution in [0.5, 0.6) is 5.75 Å². The zero-order valence-corrected chi connectivity index (χ0v) is 17.0. The summed E-state index contributed by atoms with van der Waals surface area (Å²) in [5.74, 6) is 0.161. The molecule has 0 bridgehead atoms. The van der Waals surface area contributed by atoms with Gasteiger partial charge in [0, 0.05) is 24.0 Å². The number of nitrogens with one attached hydrogen (secondary N) is 4. The van der Waals surface area contributed by atoms with Crippen LogP contribution in [0.1, 0.15) is 13.8 Å². The second-order valence-corrected chi connectivity index (χ2v) is 6.77. The molecule has 0 heterocycles. The van der Waals surface area contributed by atoms with Crippen molar-refractivity contribution in [2.45, 2.75) is 19.9 Å². The Morgan fingerprint density at radius 2 is 1.38 bits per heavy atom. The fourth-order valence-electron chi connectivity index (χ4n) is 2.60. The number of rotatable bonds is 8. The summed E-state index contributed by atoms with van der Waals surface area (Å²) in [6, 6.07) is 13.4. The molecule has 2 aromatic carbocycles. The molecule has 0 radical (unpaired) electrons. The quantitative estimate of drug-likeness (QED) is 0.535. The summed E-state index contributed by atoms with van der Waals surface area (Å²) in [4.78, 5) is 36.5. The minimum Gasteiger partial charge on any atom is -0.497 e. The van der Waals surface area contributed by atoms with E-state index in [-0.39, 0.29) is 24.3 Å². The molecule has 4 N–H and O–H groups in total. The lowest BCUT2D eigenvalue weighted by molar-refractivity contribution is -0.885. The lowest BCUT2D eigenvalue weighted by Gasteiger charge is -2.20. The predicted octanol–water partition coefficient (Wildman–Crippen LogP) is 1.13. The third-order valence-corrected chi connectivity index (χ3v) is 4.42. The topological polar surface area (TPSA) is 101 Å². The van der Waals surface area contributed by atoms with Crippen LogP contribution in [0.2, 0.25) is 0 Å². The maximum atomic E-state index is 12.5. The smallest absolute Gasteiger partial charge is 0.282 e. The maximum Gasteiger partial charge on any atom is 0.282 e. The van der Waals surface area contributed by atoms with Gasteiger partial charge in [0.15, 0.2) is 12.6 Å². The molecule has 1 unspecified atom stereocenters. The van der Waals surface area contributed by atoms with Crippen molar-refractivity contribution in [1.29, 1.82) is 0 Å². The summed E-state index contributed by atoms with van der Waals surface area (Å²) >= 11 is 0. The number of methoxy groups -OCH3 is 1. The van der Waals surface area contributed by atoms with Gasteiger partial charge >= 0.3 is 0 Å². The molecular weight excluding hydrogens is 372 g/mol. The van der Waals surface area contributed by atoms with Gasteiger partial charge in [0.05, 0.1) is 14.2 Å². The largest absolute Gasteiger partial charge is 0.497 e. The molecule has 2 rings (SSSR count). The summed E-state index contributed by atoms with van der Waals surface area (Å²) in [6.45, 7) is 3.33. The molecule has 8 nitrogen and oxygen atoms in total. The van der Waals surface area contributed by atoms with Gasteiger partial charge in [-0.2, -0.15) is 0 Å². The molecule has 8 heteroatoms. The Labute approximate surface area is 170 Å². The molecule has 0 saturated carbocycles. The first-order chi connectivity index (χ1) is 13.8. The Hall–Kier alpha value is -3.39. The molecule has 29 heavy (non-hydrogen) atoms. The van der Waals surface area contributed by atoms with Gasteiger partial charge in [-0.1, -0.05) is 0 Å². The van der Waals surface area contributed by atoms with Crippen molar-refractivity contribution in [3.63, 3.8) is 0 Å². The first kappa shape index (κ1) is 21.9. The van der Waals surface area contributed by atoms with Crippen LogP contribution in [-0.4, -0.2) is 44.5 Å². The van der Waals surface area contributed by atoms with E-state index in [1.165, 1.54) is 6.92 Å². The van der Waals surface area contributed by atoms with E-state index in [4.69, 9.17) is 4.74 Å². The van der Waals surface area contributed by atoms with E-state index in [2.05, 4.69) is 16.0 Å². The van der Waals surface area contributed by atoms with Crippen LogP contribution in [0.4, 0.5) is 17.1 Å². The molecule has 0 aliphatic heterocycles. The fourth-order valence-corrected chi connectivity index (χ4v) is 2.60. The van der Waals surface area contributed by atoms with E-state index < -0.39 is 6.04 Å². The van der Waals surface area contributed by atoms with Crippen molar-refractivity contribution in [2.24, 2.45) is 0 Å². The molecule has 2 aromatic rings. The molecule has 0 spiro atoms. The lowest BCUT2D eigenvalue weighted by atomic mass is 10.2. The third-order valence-electron chi connectivity index (χ3n) is 4.42. The van der Waals surface area contributed by atoms with E-state index in [9.17, 15) is 14.4 Å². The molecule has 3 amide bonds. The highest BCUT2D eigenvalue weighted by Gasteiger charge is 2.24. The van der Waals surface area contributed by atoms with Gasteiger partial charge in [-0.3, -0.25) is 14.4 Å². The SMILES string of the molecule is COc1ccc(NC(=O)C[NH+](C)[C@H](C)C(=O)Nc2ccc(NC(C)=O)cc2)cc1. The molecule has 0 fully saturated rings. The number of anilines is 3. The Morgan fingerprint density at radius 1 is 0.897 bits per heavy atom. The fraction of sp³-hybridized carbons (Fsp3) is 0.286. The third kappa shape index (κ3) is 6.93. The summed E-state index contributed by atoms with van der Waals surface area (Å²) in [5.41, 5.74) is 1.94.